The Hall–Kier alpha value is -1.14. The van der Waals surface area contributed by atoms with Gasteiger partial charge < -0.3 is 9.47 Å². The Morgan fingerprint density at radius 1 is 1.43 bits per heavy atom. The maximum Gasteiger partial charge on any atom is 0.429 e. The van der Waals surface area contributed by atoms with Crippen LogP contribution in [0.4, 0.5) is 4.79 Å². The average molecular weight is 202 g/mol. The Morgan fingerprint density at radius 2 is 2.07 bits per heavy atom. The first-order chi connectivity index (χ1) is 6.72. The van der Waals surface area contributed by atoms with Crippen LogP contribution in [-0.2, 0) is 14.3 Å². The van der Waals surface area contributed by atoms with E-state index in [1.807, 2.05) is 0 Å². The maximum absolute atomic E-state index is 11.0. The highest BCUT2D eigenvalue weighted by Gasteiger charge is 2.15. The number of carbonyl (C=O) groups is 2. The van der Waals surface area contributed by atoms with Crippen LogP contribution in [0.15, 0.2) is 0 Å². The normalized spacial score (nSPS) is 17.5. The molecule has 0 aromatic rings. The molecular weight excluding hydrogens is 188 g/mol. The number of hydrazine groups is 1. The van der Waals surface area contributed by atoms with Crippen molar-refractivity contribution in [2.45, 2.75) is 13.3 Å². The van der Waals surface area contributed by atoms with Crippen molar-refractivity contribution in [1.29, 1.82) is 0 Å². The number of nitrogens with zero attached hydrogens (tertiary/aromatic N) is 1. The van der Waals surface area contributed by atoms with Gasteiger partial charge in [-0.25, -0.2) is 9.80 Å². The molecule has 1 amide bonds. The predicted octanol–water partition coefficient (Wildman–Crippen LogP) is -0.104. The fraction of sp³-hybridized carbons (Fsp3) is 0.750. The number of carbonyl (C=O) groups excluding carboxylic acids is 2. The number of morpholine rings is 1. The topological polar surface area (TPSA) is 67.9 Å². The lowest BCUT2D eigenvalue weighted by Gasteiger charge is -2.26. The van der Waals surface area contributed by atoms with Crippen LogP contribution >= 0.6 is 0 Å². The van der Waals surface area contributed by atoms with Gasteiger partial charge in [0.15, 0.2) is 0 Å². The van der Waals surface area contributed by atoms with Crippen molar-refractivity contribution in [3.8, 4) is 0 Å². The van der Waals surface area contributed by atoms with Gasteiger partial charge in [-0.05, 0) is 0 Å². The molecule has 0 spiro atoms. The minimum Gasteiger partial charge on any atom is -0.379 e. The van der Waals surface area contributed by atoms with Gasteiger partial charge in [-0.15, -0.1) is 0 Å². The van der Waals surface area contributed by atoms with Gasteiger partial charge in [-0.2, -0.15) is 0 Å². The van der Waals surface area contributed by atoms with Crippen molar-refractivity contribution in [1.82, 2.24) is 10.4 Å². The molecule has 1 aliphatic rings. The molecule has 1 N–H and O–H groups in total. The van der Waals surface area contributed by atoms with Gasteiger partial charge in [-0.1, -0.05) is 6.92 Å². The smallest absolute Gasteiger partial charge is 0.379 e. The van der Waals surface area contributed by atoms with Crippen molar-refractivity contribution < 1.29 is 19.1 Å². The summed E-state index contributed by atoms with van der Waals surface area (Å²) in [7, 11) is 0. The summed E-state index contributed by atoms with van der Waals surface area (Å²) in [6, 6.07) is 0. The van der Waals surface area contributed by atoms with Crippen LogP contribution in [0.25, 0.3) is 0 Å². The second-order valence-corrected chi connectivity index (χ2v) is 2.83. The van der Waals surface area contributed by atoms with E-state index in [2.05, 4.69) is 10.2 Å². The molecule has 1 fully saturated rings. The average Bonchev–Trinajstić information content (AvgIpc) is 2.19. The molecule has 14 heavy (non-hydrogen) atoms. The van der Waals surface area contributed by atoms with Crippen LogP contribution in [0, 0.1) is 0 Å². The second-order valence-electron chi connectivity index (χ2n) is 2.83. The molecule has 0 aliphatic carbocycles. The standard InChI is InChI=1S/C8H14N2O4/c1-2-7(11)14-8(12)9-10-3-5-13-6-4-10/h2-6H2,1H3,(H,9,12). The van der Waals surface area contributed by atoms with Crippen LogP contribution in [0.5, 0.6) is 0 Å². The molecule has 0 aromatic carbocycles. The van der Waals surface area contributed by atoms with E-state index in [9.17, 15) is 9.59 Å². The Morgan fingerprint density at radius 3 is 2.64 bits per heavy atom. The van der Waals surface area contributed by atoms with Crippen LogP contribution in [0.3, 0.4) is 0 Å². The van der Waals surface area contributed by atoms with E-state index >= 15 is 0 Å². The molecule has 1 rings (SSSR count). The van der Waals surface area contributed by atoms with Crippen molar-refractivity contribution in [2.24, 2.45) is 0 Å². The molecule has 0 radical (unpaired) electrons. The number of hydrogen-bond donors (Lipinski definition) is 1. The van der Waals surface area contributed by atoms with Crippen LogP contribution < -0.4 is 5.43 Å². The van der Waals surface area contributed by atoms with Crippen molar-refractivity contribution in [2.75, 3.05) is 26.3 Å². The lowest BCUT2D eigenvalue weighted by atomic mass is 10.5. The van der Waals surface area contributed by atoms with E-state index in [-0.39, 0.29) is 6.42 Å². The fourth-order valence-corrected chi connectivity index (χ4v) is 1.00. The lowest BCUT2D eigenvalue weighted by Crippen LogP contribution is -2.48. The van der Waals surface area contributed by atoms with Gasteiger partial charge in [0.2, 0.25) is 0 Å². The number of amides is 1. The minimum atomic E-state index is -0.723. The monoisotopic (exact) mass is 202 g/mol. The highest BCUT2D eigenvalue weighted by atomic mass is 16.6. The third kappa shape index (κ3) is 3.71. The molecule has 0 aromatic heterocycles. The zero-order valence-corrected chi connectivity index (χ0v) is 8.12. The van der Waals surface area contributed by atoms with E-state index in [4.69, 9.17) is 4.74 Å². The molecule has 6 heteroatoms. The Kier molecular flexibility index (Phi) is 4.34. The maximum atomic E-state index is 11.0. The first-order valence-electron chi connectivity index (χ1n) is 4.56. The molecule has 6 nitrogen and oxygen atoms in total. The summed E-state index contributed by atoms with van der Waals surface area (Å²) >= 11 is 0. The Labute approximate surface area is 82.1 Å². The molecule has 0 bridgehead atoms. The third-order valence-electron chi connectivity index (χ3n) is 1.76. The van der Waals surface area contributed by atoms with E-state index < -0.39 is 12.1 Å². The van der Waals surface area contributed by atoms with Gasteiger partial charge in [-0.3, -0.25) is 10.2 Å². The van der Waals surface area contributed by atoms with Gasteiger partial charge in [0.05, 0.1) is 13.2 Å². The number of hydrogen-bond acceptors (Lipinski definition) is 5. The van der Waals surface area contributed by atoms with Crippen LogP contribution in [0.1, 0.15) is 13.3 Å². The van der Waals surface area contributed by atoms with Gasteiger partial charge in [0.1, 0.15) is 0 Å². The lowest BCUT2D eigenvalue weighted by molar-refractivity contribution is -0.137. The number of esters is 1. The summed E-state index contributed by atoms with van der Waals surface area (Å²) in [6.45, 7) is 3.99. The summed E-state index contributed by atoms with van der Waals surface area (Å²) in [5.41, 5.74) is 2.46. The van der Waals surface area contributed by atoms with Crippen molar-refractivity contribution in [3.05, 3.63) is 0 Å². The first-order valence-corrected chi connectivity index (χ1v) is 4.56. The van der Waals surface area contributed by atoms with E-state index in [1.165, 1.54) is 0 Å². The summed E-state index contributed by atoms with van der Waals surface area (Å²) in [5, 5.41) is 1.66. The van der Waals surface area contributed by atoms with Gasteiger partial charge in [0, 0.05) is 19.5 Å². The highest BCUT2D eigenvalue weighted by molar-refractivity contribution is 5.83. The fourth-order valence-electron chi connectivity index (χ4n) is 1.00. The second kappa shape index (κ2) is 5.56. The number of ether oxygens (including phenoxy) is 2. The minimum absolute atomic E-state index is 0.191. The van der Waals surface area contributed by atoms with E-state index in [0.717, 1.165) is 0 Å². The third-order valence-corrected chi connectivity index (χ3v) is 1.76. The van der Waals surface area contributed by atoms with Gasteiger partial charge >= 0.3 is 12.1 Å². The first kappa shape index (κ1) is 10.9. The van der Waals surface area contributed by atoms with Crippen LogP contribution in [-0.4, -0.2) is 43.4 Å². The molecule has 0 atom stereocenters. The highest BCUT2D eigenvalue weighted by Crippen LogP contribution is 1.93. The SMILES string of the molecule is CCC(=O)OC(=O)NN1CCOCC1. The molecule has 0 unspecified atom stereocenters. The Bertz CT molecular complexity index is 213. The van der Waals surface area contributed by atoms with Crippen molar-refractivity contribution in [3.63, 3.8) is 0 Å². The van der Waals surface area contributed by atoms with Crippen LogP contribution in [0.2, 0.25) is 0 Å². The summed E-state index contributed by atoms with van der Waals surface area (Å²) in [4.78, 5) is 21.8. The number of rotatable bonds is 2. The quantitative estimate of drug-likeness (QED) is 0.500. The van der Waals surface area contributed by atoms with E-state index in [1.54, 1.807) is 11.9 Å². The largest absolute Gasteiger partial charge is 0.429 e. The summed E-state index contributed by atoms with van der Waals surface area (Å²) in [5.74, 6) is -0.532. The molecule has 1 saturated heterocycles. The molecular formula is C8H14N2O4. The molecule has 0 saturated carbocycles. The van der Waals surface area contributed by atoms with Gasteiger partial charge in [0.25, 0.3) is 0 Å². The van der Waals surface area contributed by atoms with Crippen molar-refractivity contribution >= 4 is 12.1 Å². The zero-order chi connectivity index (χ0) is 10.4. The molecule has 1 heterocycles. The summed E-state index contributed by atoms with van der Waals surface area (Å²) in [6.07, 6.45) is -0.532. The Balaban J connectivity index is 2.21. The van der Waals surface area contributed by atoms with E-state index in [0.29, 0.717) is 26.3 Å². The summed E-state index contributed by atoms with van der Waals surface area (Å²) < 4.78 is 9.51. The number of nitrogens with one attached hydrogen (secondary N) is 1. The predicted molar refractivity (Wildman–Crippen MR) is 47.3 cm³/mol. The zero-order valence-electron chi connectivity index (χ0n) is 8.12. The molecule has 80 valence electrons. The molecule has 1 aliphatic heterocycles.